The summed E-state index contributed by atoms with van der Waals surface area (Å²) in [5.41, 5.74) is 1.39. The van der Waals surface area contributed by atoms with E-state index in [-0.39, 0.29) is 23.5 Å². The van der Waals surface area contributed by atoms with Crippen LogP contribution in [0.2, 0.25) is 0 Å². The number of unbranched alkanes of at least 4 members (excludes halogenated alkanes) is 1. The molecule has 1 unspecified atom stereocenters. The topological polar surface area (TPSA) is 78.6 Å². The van der Waals surface area contributed by atoms with Gasteiger partial charge in [0.15, 0.2) is 11.5 Å². The summed E-state index contributed by atoms with van der Waals surface area (Å²) < 4.78 is 25.6. The molecule has 40 heavy (non-hydrogen) atoms. The molecule has 2 aromatic carbocycles. The number of amides is 1. The Morgan fingerprint density at radius 2 is 1.82 bits per heavy atom. The van der Waals surface area contributed by atoms with E-state index in [1.807, 2.05) is 23.1 Å². The molecule has 8 nitrogen and oxygen atoms in total. The van der Waals surface area contributed by atoms with Gasteiger partial charge in [0.1, 0.15) is 35.6 Å². The number of Topliss-reactive ketones (excluding diaryl/α,β-unsaturated/α-hetero) is 1. The average Bonchev–Trinajstić information content (AvgIpc) is 3.63. The van der Waals surface area contributed by atoms with Gasteiger partial charge in [0.2, 0.25) is 0 Å². The fourth-order valence-electron chi connectivity index (χ4n) is 6.38. The van der Waals surface area contributed by atoms with Crippen LogP contribution in [0, 0.1) is 5.82 Å². The van der Waals surface area contributed by atoms with Crippen LogP contribution in [0.15, 0.2) is 76.4 Å². The summed E-state index contributed by atoms with van der Waals surface area (Å²) in [7, 11) is 0. The number of carbonyl (C=O) groups excluding carboxylic acids is 2. The first kappa shape index (κ1) is 26.3. The van der Waals surface area contributed by atoms with Crippen molar-refractivity contribution < 1.29 is 23.1 Å². The first-order valence-corrected chi connectivity index (χ1v) is 13.9. The molecule has 9 heteroatoms. The lowest BCUT2D eigenvalue weighted by Gasteiger charge is -2.41. The van der Waals surface area contributed by atoms with Crippen molar-refractivity contribution in [1.82, 2.24) is 9.80 Å². The summed E-state index contributed by atoms with van der Waals surface area (Å²) in [5, 5.41) is 6.64. The highest BCUT2D eigenvalue weighted by Gasteiger charge is 2.55. The molecule has 1 aromatic heterocycles. The molecule has 1 amide bonds. The van der Waals surface area contributed by atoms with Crippen LogP contribution in [0.25, 0.3) is 0 Å². The van der Waals surface area contributed by atoms with Gasteiger partial charge in [-0.2, -0.15) is 5.10 Å². The molecule has 0 spiro atoms. The zero-order valence-electron chi connectivity index (χ0n) is 22.6. The van der Waals surface area contributed by atoms with Crippen LogP contribution in [0.1, 0.15) is 42.3 Å². The van der Waals surface area contributed by atoms with Gasteiger partial charge in [-0.15, -0.1) is 0 Å². The highest BCUT2D eigenvalue weighted by molar-refractivity contribution is 6.43. The largest absolute Gasteiger partial charge is 0.489 e. The van der Waals surface area contributed by atoms with E-state index in [0.717, 1.165) is 38.0 Å². The molecular formula is C31H33FN4O4. The lowest BCUT2D eigenvalue weighted by Crippen LogP contribution is -2.53. The highest BCUT2D eigenvalue weighted by atomic mass is 19.1. The second-order valence-electron chi connectivity index (χ2n) is 10.7. The SMILES string of the molecule is CC(=O)C1=NN2c3cc(F)ccc3OCC2[C@@]1(CCCCN1CCN(C(=O)c2ccco2)CC1)c1ccccc1. The zero-order chi connectivity index (χ0) is 27.7. The van der Waals surface area contributed by atoms with Gasteiger partial charge in [-0.3, -0.25) is 19.5 Å². The van der Waals surface area contributed by atoms with Gasteiger partial charge < -0.3 is 14.1 Å². The first-order chi connectivity index (χ1) is 19.5. The van der Waals surface area contributed by atoms with Gasteiger partial charge in [0.05, 0.1) is 11.7 Å². The molecule has 1 saturated heterocycles. The number of ether oxygens (including phenoxy) is 1. The Bertz CT molecular complexity index is 1400. The van der Waals surface area contributed by atoms with E-state index < -0.39 is 5.41 Å². The molecule has 1 fully saturated rings. The molecule has 6 rings (SSSR count). The third-order valence-electron chi connectivity index (χ3n) is 8.37. The Morgan fingerprint density at radius 1 is 1.02 bits per heavy atom. The lowest BCUT2D eigenvalue weighted by atomic mass is 9.67. The van der Waals surface area contributed by atoms with Crippen molar-refractivity contribution >= 4 is 23.1 Å². The summed E-state index contributed by atoms with van der Waals surface area (Å²) in [6, 6.07) is 17.6. The van der Waals surface area contributed by atoms with E-state index >= 15 is 0 Å². The van der Waals surface area contributed by atoms with Gasteiger partial charge in [-0.05, 0) is 49.2 Å². The van der Waals surface area contributed by atoms with Crippen LogP contribution in [-0.2, 0) is 10.2 Å². The lowest BCUT2D eigenvalue weighted by molar-refractivity contribution is -0.111. The quantitative estimate of drug-likeness (QED) is 0.389. The maximum Gasteiger partial charge on any atom is 0.289 e. The molecule has 4 heterocycles. The number of fused-ring (bicyclic) bond motifs is 3. The molecule has 0 bridgehead atoms. The molecule has 3 aliphatic rings. The van der Waals surface area contributed by atoms with Crippen molar-refractivity contribution in [3.63, 3.8) is 0 Å². The molecule has 3 aliphatic heterocycles. The summed E-state index contributed by atoms with van der Waals surface area (Å²) in [6.45, 7) is 5.76. The number of halogens is 1. The molecule has 3 aromatic rings. The number of carbonyl (C=O) groups is 2. The Labute approximate surface area is 233 Å². The van der Waals surface area contributed by atoms with E-state index in [0.29, 0.717) is 49.0 Å². The number of furan rings is 1. The van der Waals surface area contributed by atoms with E-state index in [9.17, 15) is 14.0 Å². The fraction of sp³-hybridized carbons (Fsp3) is 0.387. The molecule has 208 valence electrons. The van der Waals surface area contributed by atoms with Gasteiger partial charge >= 0.3 is 0 Å². The number of benzene rings is 2. The predicted octanol–water partition coefficient (Wildman–Crippen LogP) is 4.51. The second-order valence-corrected chi connectivity index (χ2v) is 10.7. The smallest absolute Gasteiger partial charge is 0.289 e. The molecule has 0 N–H and O–H groups in total. The summed E-state index contributed by atoms with van der Waals surface area (Å²) >= 11 is 0. The Morgan fingerprint density at radius 3 is 2.55 bits per heavy atom. The zero-order valence-corrected chi connectivity index (χ0v) is 22.6. The van der Waals surface area contributed by atoms with Crippen LogP contribution in [0.5, 0.6) is 5.75 Å². The summed E-state index contributed by atoms with van der Waals surface area (Å²) in [4.78, 5) is 29.9. The van der Waals surface area contributed by atoms with E-state index in [1.165, 1.54) is 18.4 Å². The van der Waals surface area contributed by atoms with Crippen molar-refractivity contribution in [2.45, 2.75) is 37.6 Å². The second kappa shape index (κ2) is 10.9. The maximum atomic E-state index is 14.3. The molecule has 0 saturated carbocycles. The fourth-order valence-corrected chi connectivity index (χ4v) is 6.38. The van der Waals surface area contributed by atoms with E-state index in [2.05, 4.69) is 17.0 Å². The number of anilines is 1. The van der Waals surface area contributed by atoms with Crippen molar-refractivity contribution in [2.24, 2.45) is 5.10 Å². The van der Waals surface area contributed by atoms with Crippen molar-refractivity contribution in [3.8, 4) is 5.75 Å². The molecular weight excluding hydrogens is 511 g/mol. The number of hydrogen-bond donors (Lipinski definition) is 0. The minimum Gasteiger partial charge on any atom is -0.489 e. The minimum atomic E-state index is -0.675. The third-order valence-corrected chi connectivity index (χ3v) is 8.37. The van der Waals surface area contributed by atoms with Crippen molar-refractivity contribution in [3.05, 3.63) is 84.1 Å². The monoisotopic (exact) mass is 544 g/mol. The average molecular weight is 545 g/mol. The van der Waals surface area contributed by atoms with Gasteiger partial charge in [0.25, 0.3) is 5.91 Å². The summed E-state index contributed by atoms with van der Waals surface area (Å²) in [5.74, 6) is 0.426. The normalized spacial score (nSPS) is 22.4. The number of hydrazone groups is 1. The van der Waals surface area contributed by atoms with Crippen molar-refractivity contribution in [2.75, 3.05) is 44.3 Å². The van der Waals surface area contributed by atoms with Gasteiger partial charge in [0, 0.05) is 39.2 Å². The maximum absolute atomic E-state index is 14.3. The first-order valence-electron chi connectivity index (χ1n) is 13.9. The van der Waals surface area contributed by atoms with Crippen LogP contribution in [-0.4, -0.2) is 72.6 Å². The highest BCUT2D eigenvalue weighted by Crippen LogP contribution is 2.48. The number of hydrogen-bond acceptors (Lipinski definition) is 7. The molecule has 2 atom stereocenters. The van der Waals surface area contributed by atoms with Gasteiger partial charge in [-0.1, -0.05) is 36.8 Å². The van der Waals surface area contributed by atoms with Crippen molar-refractivity contribution in [1.29, 1.82) is 0 Å². The van der Waals surface area contributed by atoms with E-state index in [4.69, 9.17) is 14.3 Å². The number of rotatable bonds is 8. The predicted molar refractivity (Wildman–Crippen MR) is 149 cm³/mol. The number of piperazine rings is 1. The summed E-state index contributed by atoms with van der Waals surface area (Å²) in [6.07, 6.45) is 4.04. The van der Waals surface area contributed by atoms with Crippen LogP contribution in [0.3, 0.4) is 0 Å². The Kier molecular flexibility index (Phi) is 7.14. The number of ketones is 1. The minimum absolute atomic E-state index is 0.0626. The Hall–Kier alpha value is -3.98. The van der Waals surface area contributed by atoms with Gasteiger partial charge in [-0.25, -0.2) is 4.39 Å². The third kappa shape index (κ3) is 4.68. The molecule has 0 aliphatic carbocycles. The Balaban J connectivity index is 1.17. The van der Waals surface area contributed by atoms with Crippen LogP contribution < -0.4 is 9.75 Å². The standard InChI is InChI=1S/C31H33FN4O4/c1-22(37)29-31(23-8-3-2-4-9-23,28-21-40-26-12-11-24(32)20-25(26)36(28)33-29)13-5-6-14-34-15-17-35(18-16-34)30(38)27-10-7-19-39-27/h2-4,7-12,19-20,28H,5-6,13-18,21H2,1H3/t28?,31-/m1/s1. The number of nitrogens with zero attached hydrogens (tertiary/aromatic N) is 4. The van der Waals surface area contributed by atoms with Crippen LogP contribution >= 0.6 is 0 Å². The van der Waals surface area contributed by atoms with E-state index in [1.54, 1.807) is 30.1 Å². The van der Waals surface area contributed by atoms with Crippen LogP contribution in [0.4, 0.5) is 10.1 Å². The molecule has 0 radical (unpaired) electrons.